The van der Waals surface area contributed by atoms with Crippen molar-refractivity contribution in [2.75, 3.05) is 13.2 Å². The van der Waals surface area contributed by atoms with Gasteiger partial charge >= 0.3 is 0 Å². The van der Waals surface area contributed by atoms with E-state index in [-0.39, 0.29) is 12.7 Å². The van der Waals surface area contributed by atoms with Gasteiger partial charge in [0.15, 0.2) is 17.6 Å². The minimum absolute atomic E-state index is 0.0200. The molecule has 0 saturated carbocycles. The predicted octanol–water partition coefficient (Wildman–Crippen LogP) is 1.55. The van der Waals surface area contributed by atoms with E-state index in [0.717, 1.165) is 17.7 Å². The summed E-state index contributed by atoms with van der Waals surface area (Å²) in [6.07, 6.45) is 2.42. The molecule has 0 spiro atoms. The zero-order valence-electron chi connectivity index (χ0n) is 8.48. The van der Waals surface area contributed by atoms with Crippen LogP contribution in [0.4, 0.5) is 0 Å². The van der Waals surface area contributed by atoms with Gasteiger partial charge in [-0.05, 0) is 24.1 Å². The minimum Gasteiger partial charge on any atom is -0.486 e. The molecular weight excluding hydrogens is 192 g/mol. The second-order valence-electron chi connectivity index (χ2n) is 3.51. The van der Waals surface area contributed by atoms with E-state index in [0.29, 0.717) is 12.4 Å². The third-order valence-electron chi connectivity index (χ3n) is 2.31. The Morgan fingerprint density at radius 2 is 2.33 bits per heavy atom. The van der Waals surface area contributed by atoms with Crippen LogP contribution < -0.4 is 9.47 Å². The second-order valence-corrected chi connectivity index (χ2v) is 3.51. The van der Waals surface area contributed by atoms with Crippen molar-refractivity contribution in [3.8, 4) is 11.5 Å². The lowest BCUT2D eigenvalue weighted by Crippen LogP contribution is -2.32. The number of ether oxygens (including phenoxy) is 2. The van der Waals surface area contributed by atoms with Crippen molar-refractivity contribution < 1.29 is 14.6 Å². The van der Waals surface area contributed by atoms with Crippen LogP contribution in [0.1, 0.15) is 5.56 Å². The Morgan fingerprint density at radius 3 is 3.07 bits per heavy atom. The largest absolute Gasteiger partial charge is 0.486 e. The van der Waals surface area contributed by atoms with Crippen LogP contribution in [0, 0.1) is 0 Å². The van der Waals surface area contributed by atoms with Crippen LogP contribution >= 0.6 is 0 Å². The lowest BCUT2D eigenvalue weighted by molar-refractivity contribution is 0.0456. The van der Waals surface area contributed by atoms with E-state index >= 15 is 0 Å². The molecule has 1 aromatic rings. The molecule has 2 rings (SSSR count). The molecule has 1 aliphatic heterocycles. The SMILES string of the molecule is C=CCc1ccc2c(c1)OCC(CO)O2. The second kappa shape index (κ2) is 4.36. The summed E-state index contributed by atoms with van der Waals surface area (Å²) in [5, 5.41) is 8.94. The maximum absolute atomic E-state index is 8.94. The van der Waals surface area contributed by atoms with Crippen molar-refractivity contribution in [2.45, 2.75) is 12.5 Å². The van der Waals surface area contributed by atoms with Crippen LogP contribution in [0.5, 0.6) is 11.5 Å². The van der Waals surface area contributed by atoms with Crippen molar-refractivity contribution in [3.05, 3.63) is 36.4 Å². The summed E-state index contributed by atoms with van der Waals surface area (Å²) in [5.41, 5.74) is 1.15. The molecule has 1 N–H and O–H groups in total. The number of aliphatic hydroxyl groups is 1. The lowest BCUT2D eigenvalue weighted by Gasteiger charge is -2.25. The molecule has 3 nitrogen and oxygen atoms in total. The van der Waals surface area contributed by atoms with Crippen molar-refractivity contribution in [1.82, 2.24) is 0 Å². The molecule has 15 heavy (non-hydrogen) atoms. The average Bonchev–Trinajstić information content (AvgIpc) is 2.29. The number of rotatable bonds is 3. The average molecular weight is 206 g/mol. The third-order valence-corrected chi connectivity index (χ3v) is 2.31. The molecule has 0 aromatic heterocycles. The fourth-order valence-electron chi connectivity index (χ4n) is 1.54. The van der Waals surface area contributed by atoms with E-state index in [1.165, 1.54) is 0 Å². The van der Waals surface area contributed by atoms with Crippen LogP contribution in [0.15, 0.2) is 30.9 Å². The first-order chi connectivity index (χ1) is 7.33. The Bertz CT molecular complexity index is 360. The van der Waals surface area contributed by atoms with E-state index in [1.54, 1.807) is 0 Å². The number of benzene rings is 1. The van der Waals surface area contributed by atoms with Crippen molar-refractivity contribution in [1.29, 1.82) is 0 Å². The molecule has 1 heterocycles. The lowest BCUT2D eigenvalue weighted by atomic mass is 10.1. The van der Waals surface area contributed by atoms with Gasteiger partial charge in [0.05, 0.1) is 6.61 Å². The molecule has 0 radical (unpaired) electrons. The van der Waals surface area contributed by atoms with Gasteiger partial charge in [-0.1, -0.05) is 12.1 Å². The molecule has 1 unspecified atom stereocenters. The molecule has 80 valence electrons. The molecule has 0 bridgehead atoms. The highest BCUT2D eigenvalue weighted by atomic mass is 16.6. The Hall–Kier alpha value is -1.48. The van der Waals surface area contributed by atoms with Gasteiger partial charge in [0.2, 0.25) is 0 Å². The zero-order chi connectivity index (χ0) is 10.7. The summed E-state index contributed by atoms with van der Waals surface area (Å²) >= 11 is 0. The molecule has 3 heteroatoms. The summed E-state index contributed by atoms with van der Waals surface area (Å²) < 4.78 is 11.0. The Labute approximate surface area is 88.9 Å². The van der Waals surface area contributed by atoms with Gasteiger partial charge in [0.25, 0.3) is 0 Å². The molecule has 1 atom stereocenters. The van der Waals surface area contributed by atoms with Crippen LogP contribution in [0.25, 0.3) is 0 Å². The number of allylic oxidation sites excluding steroid dienone is 1. The molecule has 0 saturated heterocycles. The summed E-state index contributed by atoms with van der Waals surface area (Å²) in [7, 11) is 0. The first kappa shape index (κ1) is 10.1. The standard InChI is InChI=1S/C12H14O3/c1-2-3-9-4-5-11-12(6-9)14-8-10(7-13)15-11/h2,4-6,10,13H,1,3,7-8H2. The summed E-state index contributed by atoms with van der Waals surface area (Å²) in [4.78, 5) is 0. The van der Waals surface area contributed by atoms with Gasteiger partial charge in [-0.2, -0.15) is 0 Å². The Morgan fingerprint density at radius 1 is 1.47 bits per heavy atom. The van der Waals surface area contributed by atoms with E-state index < -0.39 is 0 Å². The van der Waals surface area contributed by atoms with E-state index in [4.69, 9.17) is 14.6 Å². The highest BCUT2D eigenvalue weighted by Gasteiger charge is 2.19. The number of aliphatic hydroxyl groups excluding tert-OH is 1. The van der Waals surface area contributed by atoms with Gasteiger partial charge < -0.3 is 14.6 Å². The van der Waals surface area contributed by atoms with Crippen LogP contribution in [-0.4, -0.2) is 24.4 Å². The maximum atomic E-state index is 8.94. The normalized spacial score (nSPS) is 18.6. The summed E-state index contributed by atoms with van der Waals surface area (Å²) in [6, 6.07) is 5.80. The van der Waals surface area contributed by atoms with Crippen LogP contribution in [-0.2, 0) is 6.42 Å². The highest BCUT2D eigenvalue weighted by molar-refractivity contribution is 5.44. The maximum Gasteiger partial charge on any atom is 0.161 e. The number of hydrogen-bond acceptors (Lipinski definition) is 3. The zero-order valence-corrected chi connectivity index (χ0v) is 8.48. The summed E-state index contributed by atoms with van der Waals surface area (Å²) in [5.74, 6) is 1.45. The highest BCUT2D eigenvalue weighted by Crippen LogP contribution is 2.32. The molecule has 0 aliphatic carbocycles. The molecule has 1 aromatic carbocycles. The van der Waals surface area contributed by atoms with Crippen molar-refractivity contribution in [3.63, 3.8) is 0 Å². The van der Waals surface area contributed by atoms with Gasteiger partial charge in [-0.15, -0.1) is 6.58 Å². The third kappa shape index (κ3) is 2.13. The summed E-state index contributed by atoms with van der Waals surface area (Å²) in [6.45, 7) is 4.07. The number of fused-ring (bicyclic) bond motifs is 1. The monoisotopic (exact) mass is 206 g/mol. The van der Waals surface area contributed by atoms with Crippen molar-refractivity contribution in [2.24, 2.45) is 0 Å². The van der Waals surface area contributed by atoms with Crippen molar-refractivity contribution >= 4 is 0 Å². The van der Waals surface area contributed by atoms with Gasteiger partial charge in [-0.25, -0.2) is 0 Å². The van der Waals surface area contributed by atoms with Gasteiger partial charge in [-0.3, -0.25) is 0 Å². The van der Waals surface area contributed by atoms with Gasteiger partial charge in [0.1, 0.15) is 6.61 Å². The topological polar surface area (TPSA) is 38.7 Å². The van der Waals surface area contributed by atoms with E-state index in [9.17, 15) is 0 Å². The van der Waals surface area contributed by atoms with E-state index in [2.05, 4.69) is 6.58 Å². The fraction of sp³-hybridized carbons (Fsp3) is 0.333. The van der Waals surface area contributed by atoms with Crippen LogP contribution in [0.3, 0.4) is 0 Å². The van der Waals surface area contributed by atoms with Crippen LogP contribution in [0.2, 0.25) is 0 Å². The fourth-order valence-corrected chi connectivity index (χ4v) is 1.54. The molecule has 0 amide bonds. The quantitative estimate of drug-likeness (QED) is 0.762. The van der Waals surface area contributed by atoms with E-state index in [1.807, 2.05) is 24.3 Å². The minimum atomic E-state index is -0.247. The first-order valence-corrected chi connectivity index (χ1v) is 4.97. The Balaban J connectivity index is 2.20. The molecule has 1 aliphatic rings. The first-order valence-electron chi connectivity index (χ1n) is 4.97. The Kier molecular flexibility index (Phi) is 2.92. The van der Waals surface area contributed by atoms with Gasteiger partial charge in [0, 0.05) is 0 Å². The smallest absolute Gasteiger partial charge is 0.161 e. The molecule has 0 fully saturated rings. The number of hydrogen-bond donors (Lipinski definition) is 1. The predicted molar refractivity (Wildman–Crippen MR) is 57.3 cm³/mol. The molecular formula is C12H14O3.